The number of hydrogen-bond donors (Lipinski definition) is 0. The van der Waals surface area contributed by atoms with Crippen molar-refractivity contribution in [2.24, 2.45) is 0 Å². The van der Waals surface area contributed by atoms with Crippen LogP contribution in [0.15, 0.2) is 0 Å². The first-order chi connectivity index (χ1) is 5.61. The summed E-state index contributed by atoms with van der Waals surface area (Å²) in [6.07, 6.45) is 1.06. The lowest BCUT2D eigenvalue weighted by Crippen LogP contribution is -2.36. The second-order valence-electron chi connectivity index (χ2n) is 3.14. The van der Waals surface area contributed by atoms with Gasteiger partial charge < -0.3 is 4.74 Å². The van der Waals surface area contributed by atoms with E-state index in [1.54, 1.807) is 0 Å². The van der Waals surface area contributed by atoms with E-state index in [0.29, 0.717) is 12.6 Å². The van der Waals surface area contributed by atoms with E-state index in [1.165, 1.54) is 7.11 Å². The molecule has 0 fully saturated rings. The Morgan fingerprint density at radius 3 is 2.42 bits per heavy atom. The maximum atomic E-state index is 10.9. The molecule has 72 valence electrons. The molecule has 0 rings (SSSR count). The van der Waals surface area contributed by atoms with Gasteiger partial charge in [0.25, 0.3) is 0 Å². The van der Waals surface area contributed by atoms with Crippen molar-refractivity contribution < 1.29 is 9.53 Å². The summed E-state index contributed by atoms with van der Waals surface area (Å²) < 4.78 is 4.60. The standard InChI is InChI=1S/C9H19NO2/c1-5-6-10(8(2)3)7-9(11)12-4/h8H,5-7H2,1-4H3. The molecule has 0 unspecified atom stereocenters. The molecule has 0 saturated heterocycles. The van der Waals surface area contributed by atoms with E-state index in [4.69, 9.17) is 0 Å². The Morgan fingerprint density at radius 1 is 1.50 bits per heavy atom. The van der Waals surface area contributed by atoms with Gasteiger partial charge in [-0.2, -0.15) is 0 Å². The van der Waals surface area contributed by atoms with Crippen LogP contribution in [0.2, 0.25) is 0 Å². The fourth-order valence-corrected chi connectivity index (χ4v) is 1.04. The van der Waals surface area contributed by atoms with Gasteiger partial charge in [-0.25, -0.2) is 0 Å². The van der Waals surface area contributed by atoms with Crippen molar-refractivity contribution in [2.45, 2.75) is 33.2 Å². The van der Waals surface area contributed by atoms with Gasteiger partial charge in [0.1, 0.15) is 0 Å². The lowest BCUT2D eigenvalue weighted by molar-refractivity contribution is -0.142. The Hall–Kier alpha value is -0.570. The van der Waals surface area contributed by atoms with Crippen molar-refractivity contribution in [3.8, 4) is 0 Å². The minimum atomic E-state index is -0.155. The third-order valence-electron chi connectivity index (χ3n) is 1.80. The minimum Gasteiger partial charge on any atom is -0.468 e. The molecule has 0 spiro atoms. The van der Waals surface area contributed by atoms with Crippen LogP contribution in [-0.4, -0.2) is 37.1 Å². The lowest BCUT2D eigenvalue weighted by Gasteiger charge is -2.24. The molecule has 0 heterocycles. The molecule has 0 atom stereocenters. The van der Waals surface area contributed by atoms with E-state index in [2.05, 4.69) is 30.4 Å². The molecule has 0 bridgehead atoms. The summed E-state index contributed by atoms with van der Waals surface area (Å²) in [6, 6.07) is 0.407. The van der Waals surface area contributed by atoms with Gasteiger partial charge in [-0.3, -0.25) is 9.69 Å². The Balaban J connectivity index is 3.86. The average molecular weight is 173 g/mol. The van der Waals surface area contributed by atoms with Gasteiger partial charge in [0, 0.05) is 6.04 Å². The van der Waals surface area contributed by atoms with Crippen LogP contribution < -0.4 is 0 Å². The third-order valence-corrected chi connectivity index (χ3v) is 1.80. The highest BCUT2D eigenvalue weighted by atomic mass is 16.5. The number of ether oxygens (including phenoxy) is 1. The van der Waals surface area contributed by atoms with Gasteiger partial charge in [-0.1, -0.05) is 6.92 Å². The van der Waals surface area contributed by atoms with Crippen LogP contribution in [0.5, 0.6) is 0 Å². The van der Waals surface area contributed by atoms with Gasteiger partial charge in [0.15, 0.2) is 0 Å². The quantitative estimate of drug-likeness (QED) is 0.586. The Morgan fingerprint density at radius 2 is 2.08 bits per heavy atom. The van der Waals surface area contributed by atoms with Crippen LogP contribution in [-0.2, 0) is 9.53 Å². The van der Waals surface area contributed by atoms with Crippen LogP contribution in [0.1, 0.15) is 27.2 Å². The van der Waals surface area contributed by atoms with Crippen LogP contribution in [0.4, 0.5) is 0 Å². The Bertz CT molecular complexity index is 134. The number of carbonyl (C=O) groups excluding carboxylic acids is 1. The highest BCUT2D eigenvalue weighted by Gasteiger charge is 2.12. The molecule has 0 aromatic heterocycles. The number of carbonyl (C=O) groups is 1. The maximum Gasteiger partial charge on any atom is 0.319 e. The molecule has 0 aromatic carbocycles. The van der Waals surface area contributed by atoms with Gasteiger partial charge in [0.2, 0.25) is 0 Å². The van der Waals surface area contributed by atoms with E-state index < -0.39 is 0 Å². The zero-order chi connectivity index (χ0) is 9.56. The molecule has 3 heteroatoms. The zero-order valence-electron chi connectivity index (χ0n) is 8.46. The second-order valence-corrected chi connectivity index (χ2v) is 3.14. The van der Waals surface area contributed by atoms with E-state index >= 15 is 0 Å². The molecule has 0 radical (unpaired) electrons. The Kier molecular flexibility index (Phi) is 5.72. The maximum absolute atomic E-state index is 10.9. The number of esters is 1. The molecular weight excluding hydrogens is 154 g/mol. The first-order valence-corrected chi connectivity index (χ1v) is 4.42. The number of methoxy groups -OCH3 is 1. The topological polar surface area (TPSA) is 29.5 Å². The van der Waals surface area contributed by atoms with Crippen LogP contribution in [0, 0.1) is 0 Å². The van der Waals surface area contributed by atoms with Gasteiger partial charge in [0.05, 0.1) is 13.7 Å². The molecule has 0 aliphatic carbocycles. The number of nitrogens with zero attached hydrogens (tertiary/aromatic N) is 1. The van der Waals surface area contributed by atoms with E-state index in [9.17, 15) is 4.79 Å². The number of rotatable bonds is 5. The molecular formula is C9H19NO2. The average Bonchev–Trinajstić information content (AvgIpc) is 2.03. The van der Waals surface area contributed by atoms with Crippen LogP contribution in [0.3, 0.4) is 0 Å². The van der Waals surface area contributed by atoms with Crippen LogP contribution >= 0.6 is 0 Å². The SMILES string of the molecule is CCCN(CC(=O)OC)C(C)C. The smallest absolute Gasteiger partial charge is 0.319 e. The van der Waals surface area contributed by atoms with Gasteiger partial charge >= 0.3 is 5.97 Å². The summed E-state index contributed by atoms with van der Waals surface area (Å²) in [4.78, 5) is 13.0. The summed E-state index contributed by atoms with van der Waals surface area (Å²) >= 11 is 0. The predicted octanol–water partition coefficient (Wildman–Crippen LogP) is 1.28. The first-order valence-electron chi connectivity index (χ1n) is 4.42. The molecule has 0 aliphatic rings. The summed E-state index contributed by atoms with van der Waals surface area (Å²) in [7, 11) is 1.42. The van der Waals surface area contributed by atoms with Crippen molar-refractivity contribution in [3.05, 3.63) is 0 Å². The van der Waals surface area contributed by atoms with Crippen molar-refractivity contribution in [1.82, 2.24) is 4.90 Å². The summed E-state index contributed by atoms with van der Waals surface area (Å²) in [6.45, 7) is 7.62. The fourth-order valence-electron chi connectivity index (χ4n) is 1.04. The van der Waals surface area contributed by atoms with E-state index in [0.717, 1.165) is 13.0 Å². The van der Waals surface area contributed by atoms with Gasteiger partial charge in [-0.05, 0) is 26.8 Å². The van der Waals surface area contributed by atoms with Crippen molar-refractivity contribution in [3.63, 3.8) is 0 Å². The van der Waals surface area contributed by atoms with Crippen molar-refractivity contribution >= 4 is 5.97 Å². The second kappa shape index (κ2) is 6.00. The lowest BCUT2D eigenvalue weighted by atomic mass is 10.3. The third kappa shape index (κ3) is 4.34. The highest BCUT2D eigenvalue weighted by molar-refractivity contribution is 5.71. The molecule has 0 amide bonds. The highest BCUT2D eigenvalue weighted by Crippen LogP contribution is 1.99. The van der Waals surface area contributed by atoms with Crippen molar-refractivity contribution in [2.75, 3.05) is 20.2 Å². The molecule has 3 nitrogen and oxygen atoms in total. The zero-order valence-corrected chi connectivity index (χ0v) is 8.46. The predicted molar refractivity (Wildman–Crippen MR) is 49.0 cm³/mol. The fraction of sp³-hybridized carbons (Fsp3) is 0.889. The summed E-state index contributed by atoms with van der Waals surface area (Å²) in [5.41, 5.74) is 0. The Labute approximate surface area is 74.7 Å². The van der Waals surface area contributed by atoms with Crippen molar-refractivity contribution in [1.29, 1.82) is 0 Å². The van der Waals surface area contributed by atoms with Crippen LogP contribution in [0.25, 0.3) is 0 Å². The monoisotopic (exact) mass is 173 g/mol. The molecule has 0 aromatic rings. The van der Waals surface area contributed by atoms with E-state index in [-0.39, 0.29) is 5.97 Å². The molecule has 0 aliphatic heterocycles. The number of hydrogen-bond acceptors (Lipinski definition) is 3. The summed E-state index contributed by atoms with van der Waals surface area (Å²) in [5, 5.41) is 0. The molecule has 0 N–H and O–H groups in total. The normalized spacial score (nSPS) is 10.8. The first kappa shape index (κ1) is 11.4. The van der Waals surface area contributed by atoms with Gasteiger partial charge in [-0.15, -0.1) is 0 Å². The largest absolute Gasteiger partial charge is 0.468 e. The molecule has 12 heavy (non-hydrogen) atoms. The van der Waals surface area contributed by atoms with E-state index in [1.807, 2.05) is 0 Å². The summed E-state index contributed by atoms with van der Waals surface area (Å²) in [5.74, 6) is -0.155. The molecule has 0 saturated carbocycles. The minimum absolute atomic E-state index is 0.155.